The number of nitrogens with one attached hydrogen (secondary N) is 1. The van der Waals surface area contributed by atoms with Gasteiger partial charge in [0, 0.05) is 5.69 Å². The van der Waals surface area contributed by atoms with Crippen LogP contribution in [0.2, 0.25) is 0 Å². The number of carboxylic acids is 1. The molecule has 2 aromatic rings. The molecule has 0 fully saturated rings. The van der Waals surface area contributed by atoms with E-state index in [1.54, 1.807) is 36.4 Å². The van der Waals surface area contributed by atoms with Crippen molar-refractivity contribution in [1.82, 2.24) is 0 Å². The van der Waals surface area contributed by atoms with Crippen molar-refractivity contribution in [1.29, 1.82) is 0 Å². The number of hydrogen-bond acceptors (Lipinski definition) is 3. The summed E-state index contributed by atoms with van der Waals surface area (Å²) in [5, 5.41) is 11.4. The van der Waals surface area contributed by atoms with E-state index in [1.165, 1.54) is 0 Å². The number of ether oxygens (including phenoxy) is 1. The Labute approximate surface area is 122 Å². The molecule has 0 unspecified atom stereocenters. The third-order valence-corrected chi connectivity index (χ3v) is 2.71. The van der Waals surface area contributed by atoms with Gasteiger partial charge in [0.2, 0.25) is 0 Å². The lowest BCUT2D eigenvalue weighted by atomic mass is 10.1. The number of carbonyl (C=O) groups is 2. The van der Waals surface area contributed by atoms with Crippen LogP contribution in [0.15, 0.2) is 54.6 Å². The molecule has 0 atom stereocenters. The number of carboxylic acid groups (broad SMARTS) is 1. The van der Waals surface area contributed by atoms with Gasteiger partial charge in [-0.15, -0.1) is 0 Å². The maximum absolute atomic E-state index is 11.7. The number of carbonyl (C=O) groups excluding carboxylic acids is 1. The molecule has 0 saturated heterocycles. The fourth-order valence-corrected chi connectivity index (χ4v) is 1.74. The van der Waals surface area contributed by atoms with Crippen LogP contribution in [0.5, 0.6) is 5.75 Å². The summed E-state index contributed by atoms with van der Waals surface area (Å²) in [6.45, 7) is -0.0824. The van der Waals surface area contributed by atoms with Gasteiger partial charge in [-0.25, -0.2) is 0 Å². The lowest BCUT2D eigenvalue weighted by molar-refractivity contribution is -0.136. The molecule has 2 N–H and O–H groups in total. The number of aliphatic carboxylic acids is 1. The Hall–Kier alpha value is -2.82. The van der Waals surface area contributed by atoms with Gasteiger partial charge in [-0.2, -0.15) is 0 Å². The normalized spacial score (nSPS) is 9.90. The molecule has 0 saturated carbocycles. The summed E-state index contributed by atoms with van der Waals surface area (Å²) in [6.07, 6.45) is -0.0364. The van der Waals surface area contributed by atoms with Crippen molar-refractivity contribution < 1.29 is 19.4 Å². The van der Waals surface area contributed by atoms with Crippen molar-refractivity contribution in [3.8, 4) is 5.75 Å². The summed E-state index contributed by atoms with van der Waals surface area (Å²) in [4.78, 5) is 22.3. The van der Waals surface area contributed by atoms with Gasteiger partial charge in [-0.05, 0) is 29.8 Å². The van der Waals surface area contributed by atoms with E-state index in [0.29, 0.717) is 17.0 Å². The summed E-state index contributed by atoms with van der Waals surface area (Å²) in [6, 6.07) is 15.7. The zero-order chi connectivity index (χ0) is 15.1. The first-order chi connectivity index (χ1) is 10.1. The Morgan fingerprint density at radius 2 is 1.67 bits per heavy atom. The fraction of sp³-hybridized carbons (Fsp3) is 0.125. The minimum absolute atomic E-state index is 0.0364. The second-order valence-corrected chi connectivity index (χ2v) is 4.42. The Morgan fingerprint density at radius 1 is 1.00 bits per heavy atom. The highest BCUT2D eigenvalue weighted by molar-refractivity contribution is 5.91. The Morgan fingerprint density at radius 3 is 2.29 bits per heavy atom. The van der Waals surface area contributed by atoms with Crippen LogP contribution in [-0.2, 0) is 16.0 Å². The Kier molecular flexibility index (Phi) is 4.93. The molecule has 0 aliphatic rings. The molecule has 2 aromatic carbocycles. The quantitative estimate of drug-likeness (QED) is 0.854. The number of para-hydroxylation sites is 1. The average Bonchev–Trinajstić information content (AvgIpc) is 2.48. The molecule has 0 heterocycles. The number of hydrogen-bond donors (Lipinski definition) is 2. The number of anilines is 1. The van der Waals surface area contributed by atoms with E-state index in [1.807, 2.05) is 18.2 Å². The van der Waals surface area contributed by atoms with Crippen LogP contribution in [0, 0.1) is 0 Å². The topological polar surface area (TPSA) is 75.6 Å². The fourth-order valence-electron chi connectivity index (χ4n) is 1.74. The lowest BCUT2D eigenvalue weighted by Gasteiger charge is -2.07. The molecule has 108 valence electrons. The van der Waals surface area contributed by atoms with Crippen LogP contribution >= 0.6 is 0 Å². The molecular formula is C16H15NO4. The molecule has 0 aromatic heterocycles. The van der Waals surface area contributed by atoms with Crippen LogP contribution in [0.4, 0.5) is 5.69 Å². The van der Waals surface area contributed by atoms with Gasteiger partial charge < -0.3 is 15.2 Å². The summed E-state index contributed by atoms with van der Waals surface area (Å²) in [7, 11) is 0. The summed E-state index contributed by atoms with van der Waals surface area (Å²) in [5.74, 6) is -0.530. The van der Waals surface area contributed by atoms with E-state index < -0.39 is 5.97 Å². The van der Waals surface area contributed by atoms with Gasteiger partial charge >= 0.3 is 5.97 Å². The molecule has 21 heavy (non-hydrogen) atoms. The summed E-state index contributed by atoms with van der Waals surface area (Å²) >= 11 is 0. The van der Waals surface area contributed by atoms with E-state index in [9.17, 15) is 9.59 Å². The first-order valence-corrected chi connectivity index (χ1v) is 6.42. The van der Waals surface area contributed by atoms with Gasteiger partial charge in [0.1, 0.15) is 5.75 Å². The molecule has 0 bridgehead atoms. The van der Waals surface area contributed by atoms with Gasteiger partial charge in [0.05, 0.1) is 6.42 Å². The molecule has 0 aliphatic heterocycles. The van der Waals surface area contributed by atoms with Crippen molar-refractivity contribution in [2.45, 2.75) is 6.42 Å². The number of benzene rings is 2. The second kappa shape index (κ2) is 7.09. The molecule has 0 radical (unpaired) electrons. The van der Waals surface area contributed by atoms with Crippen molar-refractivity contribution in [3.05, 3.63) is 60.2 Å². The Balaban J connectivity index is 1.83. The van der Waals surface area contributed by atoms with E-state index in [0.717, 1.165) is 0 Å². The molecule has 0 aliphatic carbocycles. The monoisotopic (exact) mass is 285 g/mol. The van der Waals surface area contributed by atoms with Crippen molar-refractivity contribution in [3.63, 3.8) is 0 Å². The molecule has 2 rings (SSSR count). The van der Waals surface area contributed by atoms with Crippen molar-refractivity contribution in [2.75, 3.05) is 11.9 Å². The van der Waals surface area contributed by atoms with Crippen LogP contribution in [0.25, 0.3) is 0 Å². The lowest BCUT2D eigenvalue weighted by Crippen LogP contribution is -2.20. The maximum Gasteiger partial charge on any atom is 0.307 e. The smallest absolute Gasteiger partial charge is 0.307 e. The molecule has 0 spiro atoms. The average molecular weight is 285 g/mol. The standard InChI is InChI=1S/C16H15NO4/c18-15(11-21-14-4-2-1-3-5-14)17-13-8-6-12(7-9-13)10-16(19)20/h1-9H,10-11H2,(H,17,18)(H,19,20). The minimum Gasteiger partial charge on any atom is -0.484 e. The maximum atomic E-state index is 11.7. The SMILES string of the molecule is O=C(O)Cc1ccc(NC(=O)COc2ccccc2)cc1. The van der Waals surface area contributed by atoms with Crippen LogP contribution in [0.1, 0.15) is 5.56 Å². The summed E-state index contributed by atoms with van der Waals surface area (Å²) < 4.78 is 5.33. The Bertz CT molecular complexity index is 608. The second-order valence-electron chi connectivity index (χ2n) is 4.42. The van der Waals surface area contributed by atoms with Gasteiger partial charge in [0.15, 0.2) is 6.61 Å². The van der Waals surface area contributed by atoms with E-state index in [-0.39, 0.29) is 18.9 Å². The van der Waals surface area contributed by atoms with E-state index in [4.69, 9.17) is 9.84 Å². The highest BCUT2D eigenvalue weighted by Gasteiger charge is 2.05. The number of amides is 1. The third kappa shape index (κ3) is 4.99. The van der Waals surface area contributed by atoms with Crippen LogP contribution < -0.4 is 10.1 Å². The zero-order valence-electron chi connectivity index (χ0n) is 11.3. The molecule has 5 nitrogen and oxygen atoms in total. The number of rotatable bonds is 6. The largest absolute Gasteiger partial charge is 0.484 e. The van der Waals surface area contributed by atoms with Gasteiger partial charge in [-0.3, -0.25) is 9.59 Å². The molecule has 5 heteroatoms. The zero-order valence-corrected chi connectivity index (χ0v) is 11.3. The highest BCUT2D eigenvalue weighted by Crippen LogP contribution is 2.11. The van der Waals surface area contributed by atoms with Crippen molar-refractivity contribution in [2.24, 2.45) is 0 Å². The highest BCUT2D eigenvalue weighted by atomic mass is 16.5. The molecule has 1 amide bonds. The van der Waals surface area contributed by atoms with Gasteiger partial charge in [0.25, 0.3) is 5.91 Å². The minimum atomic E-state index is -0.886. The predicted molar refractivity (Wildman–Crippen MR) is 78.3 cm³/mol. The van der Waals surface area contributed by atoms with Crippen LogP contribution in [0.3, 0.4) is 0 Å². The van der Waals surface area contributed by atoms with Crippen molar-refractivity contribution >= 4 is 17.6 Å². The predicted octanol–water partition coefficient (Wildman–Crippen LogP) is 2.33. The van der Waals surface area contributed by atoms with Crippen LogP contribution in [-0.4, -0.2) is 23.6 Å². The third-order valence-electron chi connectivity index (χ3n) is 2.71. The van der Waals surface area contributed by atoms with E-state index >= 15 is 0 Å². The first-order valence-electron chi connectivity index (χ1n) is 6.42. The molecular weight excluding hydrogens is 270 g/mol. The summed E-state index contributed by atoms with van der Waals surface area (Å²) in [5.41, 5.74) is 1.28. The first kappa shape index (κ1) is 14.6. The van der Waals surface area contributed by atoms with E-state index in [2.05, 4.69) is 5.32 Å². The van der Waals surface area contributed by atoms with Gasteiger partial charge in [-0.1, -0.05) is 30.3 Å².